The smallest absolute Gasteiger partial charge is 0.417 e. The van der Waals surface area contributed by atoms with Gasteiger partial charge in [0.15, 0.2) is 0 Å². The molecule has 0 bridgehead atoms. The highest BCUT2D eigenvalue weighted by atomic mass is 16.6. The van der Waals surface area contributed by atoms with E-state index >= 15 is 0 Å². The maximum absolute atomic E-state index is 13.1. The molecule has 2 aromatic carbocycles. The van der Waals surface area contributed by atoms with Crippen molar-refractivity contribution in [1.29, 1.82) is 0 Å². The second-order valence-electron chi connectivity index (χ2n) is 17.4. The molecule has 0 spiro atoms. The molecule has 4 amide bonds. The molecule has 0 unspecified atom stereocenters. The van der Waals surface area contributed by atoms with E-state index in [1.54, 1.807) is 95.2 Å². The van der Waals surface area contributed by atoms with Gasteiger partial charge in [-0.2, -0.15) is 0 Å². The average Bonchev–Trinajstić information content (AvgIpc) is 3.46. The van der Waals surface area contributed by atoms with E-state index in [9.17, 15) is 19.2 Å². The van der Waals surface area contributed by atoms with Gasteiger partial charge in [0.1, 0.15) is 22.4 Å². The minimum atomic E-state index is -0.770. The lowest BCUT2D eigenvalue weighted by Crippen LogP contribution is -2.47. The van der Waals surface area contributed by atoms with Crippen molar-refractivity contribution in [2.24, 2.45) is 9.98 Å². The molecule has 2 saturated heterocycles. The van der Waals surface area contributed by atoms with Crippen molar-refractivity contribution >= 4 is 59.0 Å². The van der Waals surface area contributed by atoms with Gasteiger partial charge in [-0.15, -0.1) is 0 Å². The first-order valence-corrected chi connectivity index (χ1v) is 18.7. The van der Waals surface area contributed by atoms with Crippen LogP contribution in [-0.2, 0) is 18.9 Å². The first kappa shape index (κ1) is 43.2. The van der Waals surface area contributed by atoms with Crippen molar-refractivity contribution in [3.8, 4) is 0 Å². The molecule has 0 atom stereocenters. The number of aliphatic imine (C=N–C) groups is 2. The summed E-state index contributed by atoms with van der Waals surface area (Å²) in [5.41, 5.74) is 0.136. The lowest BCUT2D eigenvalue weighted by atomic mass is 10.2. The number of amides is 4. The number of guanidine groups is 2. The van der Waals surface area contributed by atoms with Gasteiger partial charge in [0.2, 0.25) is 11.9 Å². The number of piperazine rings is 1. The van der Waals surface area contributed by atoms with Gasteiger partial charge in [0, 0.05) is 37.6 Å². The molecule has 2 aromatic rings. The van der Waals surface area contributed by atoms with Crippen molar-refractivity contribution in [3.63, 3.8) is 0 Å². The van der Waals surface area contributed by atoms with Crippen LogP contribution < -0.4 is 20.4 Å². The van der Waals surface area contributed by atoms with Gasteiger partial charge in [0.25, 0.3) is 0 Å². The molecule has 2 N–H and O–H groups in total. The number of hydrogen-bond acceptors (Lipinski definition) is 12. The molecule has 16 heteroatoms. The zero-order chi connectivity index (χ0) is 41.6. The van der Waals surface area contributed by atoms with Gasteiger partial charge in [-0.25, -0.2) is 39.0 Å². The number of carbonyl (C=O) groups is 4. The van der Waals surface area contributed by atoms with Crippen LogP contribution >= 0.6 is 0 Å². The molecule has 4 rings (SSSR count). The summed E-state index contributed by atoms with van der Waals surface area (Å²) in [5, 5.41) is 5.00. The third-order valence-corrected chi connectivity index (χ3v) is 7.68. The Labute approximate surface area is 330 Å². The largest absolute Gasteiger partial charge is 0.444 e. The van der Waals surface area contributed by atoms with Crippen LogP contribution in [0.1, 0.15) is 83.1 Å². The molecule has 0 saturated carbocycles. The summed E-state index contributed by atoms with van der Waals surface area (Å²) in [5.74, 6) is 0.0256. The molecule has 2 heterocycles. The van der Waals surface area contributed by atoms with E-state index < -0.39 is 46.8 Å². The maximum Gasteiger partial charge on any atom is 0.417 e. The molecule has 16 nitrogen and oxygen atoms in total. The number of alkyl carbamates (subject to hydrolysis) is 2. The Bertz CT molecular complexity index is 1700. The van der Waals surface area contributed by atoms with E-state index in [1.807, 2.05) is 36.4 Å². The number of hydrogen-bond donors (Lipinski definition) is 2. The topological polar surface area (TPSA) is 167 Å². The first-order valence-electron chi connectivity index (χ1n) is 18.7. The van der Waals surface area contributed by atoms with E-state index in [0.29, 0.717) is 11.4 Å². The summed E-state index contributed by atoms with van der Waals surface area (Å²) >= 11 is 0. The highest BCUT2D eigenvalue weighted by Gasteiger charge is 2.39. The molecular weight excluding hydrogens is 720 g/mol. The van der Waals surface area contributed by atoms with Crippen LogP contribution in [0.25, 0.3) is 0 Å². The van der Waals surface area contributed by atoms with E-state index in [1.165, 1.54) is 9.80 Å². The molecule has 2 fully saturated rings. The monoisotopic (exact) mass is 778 g/mol. The SMILES string of the molecule is CC(C)(C)OC(=O)NC(=Nc1ccc(N2CCN(c3ccc(N=C4N(C(=O)OC(C)(C)C)CCN4C(=O)OC(C)(C)C)cc3)CC2)cc1)NC(=O)OC(C)(C)C. The van der Waals surface area contributed by atoms with E-state index in [2.05, 4.69) is 25.4 Å². The second kappa shape index (κ2) is 17.1. The highest BCUT2D eigenvalue weighted by Crippen LogP contribution is 2.27. The van der Waals surface area contributed by atoms with Crippen molar-refractivity contribution < 1.29 is 38.1 Å². The summed E-state index contributed by atoms with van der Waals surface area (Å²) in [7, 11) is 0. The fraction of sp³-hybridized carbons (Fsp3) is 0.550. The van der Waals surface area contributed by atoms with Crippen LogP contribution in [0.15, 0.2) is 58.5 Å². The molecule has 2 aliphatic heterocycles. The molecule has 0 aliphatic carbocycles. The Hall–Kier alpha value is -5.54. The van der Waals surface area contributed by atoms with Crippen molar-refractivity contribution in [2.45, 2.75) is 105 Å². The van der Waals surface area contributed by atoms with Gasteiger partial charge in [-0.05, 0) is 132 Å². The minimum Gasteiger partial charge on any atom is -0.444 e. The summed E-state index contributed by atoms with van der Waals surface area (Å²) in [4.78, 5) is 67.6. The first-order chi connectivity index (χ1) is 25.8. The standard InChI is InChI=1S/C40H58N8O8/c1-37(2,3)53-33(49)43-31(44-34(50)54-38(4,5)6)41-27-13-17-29(18-14-27)45-21-23-46(24-22-45)30-19-15-28(16-20-30)42-32-47(35(51)55-39(7,8)9)25-26-48(32)36(52)56-40(10,11)12/h13-20H,21-26H2,1-12H3,(H2,41,43,44,49,50). The molecule has 56 heavy (non-hydrogen) atoms. The number of benzene rings is 2. The Kier molecular flexibility index (Phi) is 13.2. The van der Waals surface area contributed by atoms with E-state index in [4.69, 9.17) is 23.9 Å². The number of rotatable bonds is 4. The number of anilines is 2. The number of nitrogens with one attached hydrogen (secondary N) is 2. The molecular formula is C40H58N8O8. The molecule has 0 radical (unpaired) electrons. The Balaban J connectivity index is 1.43. The number of nitrogens with zero attached hydrogens (tertiary/aromatic N) is 6. The highest BCUT2D eigenvalue weighted by molar-refractivity contribution is 6.04. The summed E-state index contributed by atoms with van der Waals surface area (Å²) in [6.45, 7) is 24.6. The average molecular weight is 779 g/mol. The Morgan fingerprint density at radius 3 is 1.18 bits per heavy atom. The molecule has 306 valence electrons. The lowest BCUT2D eigenvalue weighted by Gasteiger charge is -2.37. The van der Waals surface area contributed by atoms with Crippen molar-refractivity contribution in [2.75, 3.05) is 49.1 Å². The second-order valence-corrected chi connectivity index (χ2v) is 17.4. The zero-order valence-corrected chi connectivity index (χ0v) is 34.8. The molecule has 2 aliphatic rings. The Morgan fingerprint density at radius 1 is 0.500 bits per heavy atom. The van der Waals surface area contributed by atoms with Crippen LogP contribution in [-0.4, -0.2) is 108 Å². The van der Waals surface area contributed by atoms with Crippen LogP contribution in [0.3, 0.4) is 0 Å². The normalized spacial score (nSPS) is 15.2. The van der Waals surface area contributed by atoms with E-state index in [-0.39, 0.29) is 25.0 Å². The summed E-state index contributed by atoms with van der Waals surface area (Å²) < 4.78 is 21.9. The number of ether oxygens (including phenoxy) is 4. The maximum atomic E-state index is 13.1. The predicted molar refractivity (Wildman–Crippen MR) is 216 cm³/mol. The van der Waals surface area contributed by atoms with Gasteiger partial charge < -0.3 is 28.7 Å². The van der Waals surface area contributed by atoms with Gasteiger partial charge >= 0.3 is 24.4 Å². The third-order valence-electron chi connectivity index (χ3n) is 7.68. The van der Waals surface area contributed by atoms with Crippen LogP contribution in [0.5, 0.6) is 0 Å². The fourth-order valence-electron chi connectivity index (χ4n) is 5.48. The summed E-state index contributed by atoms with van der Waals surface area (Å²) in [6.07, 6.45) is -2.72. The van der Waals surface area contributed by atoms with Gasteiger partial charge in [0.05, 0.1) is 24.5 Å². The Morgan fingerprint density at radius 2 is 0.839 bits per heavy atom. The third kappa shape index (κ3) is 13.6. The van der Waals surface area contributed by atoms with Crippen LogP contribution in [0.2, 0.25) is 0 Å². The predicted octanol–water partition coefficient (Wildman–Crippen LogP) is 7.53. The number of carbonyl (C=O) groups excluding carboxylic acids is 4. The fourth-order valence-corrected chi connectivity index (χ4v) is 5.48. The van der Waals surface area contributed by atoms with Crippen LogP contribution in [0.4, 0.5) is 41.9 Å². The molecule has 0 aromatic heterocycles. The van der Waals surface area contributed by atoms with E-state index in [0.717, 1.165) is 37.6 Å². The van der Waals surface area contributed by atoms with Gasteiger partial charge in [-0.1, -0.05) is 0 Å². The summed E-state index contributed by atoms with van der Waals surface area (Å²) in [6, 6.07) is 15.1. The van der Waals surface area contributed by atoms with Crippen LogP contribution in [0, 0.1) is 0 Å². The van der Waals surface area contributed by atoms with Crippen molar-refractivity contribution in [1.82, 2.24) is 20.4 Å². The van der Waals surface area contributed by atoms with Gasteiger partial charge in [-0.3, -0.25) is 10.6 Å². The quantitative estimate of drug-likeness (QED) is 0.180. The van der Waals surface area contributed by atoms with Crippen molar-refractivity contribution in [3.05, 3.63) is 48.5 Å². The minimum absolute atomic E-state index is 0.128. The lowest BCUT2D eigenvalue weighted by molar-refractivity contribution is 0.0371. The zero-order valence-electron chi connectivity index (χ0n) is 34.8.